The van der Waals surface area contributed by atoms with Crippen LogP contribution in [0.25, 0.3) is 0 Å². The number of piperazine rings is 1. The molecule has 0 N–H and O–H groups in total. The lowest BCUT2D eigenvalue weighted by Gasteiger charge is -2.33. The summed E-state index contributed by atoms with van der Waals surface area (Å²) in [4.78, 5) is 22.3. The number of rotatable bonds is 3. The Labute approximate surface area is 151 Å². The number of hydrogen-bond donors (Lipinski definition) is 0. The Hall–Kier alpha value is -2.03. The first kappa shape index (κ1) is 17.8. The van der Waals surface area contributed by atoms with Crippen LogP contribution in [0.2, 0.25) is 5.02 Å². The predicted octanol–water partition coefficient (Wildman–Crippen LogP) is 1.59. The van der Waals surface area contributed by atoms with Crippen LogP contribution in [0.3, 0.4) is 0 Å². The third-order valence-corrected chi connectivity index (χ3v) is 6.09. The summed E-state index contributed by atoms with van der Waals surface area (Å²) in [6, 6.07) is 6.17. The lowest BCUT2D eigenvalue weighted by Crippen LogP contribution is -2.50. The Kier molecular flexibility index (Phi) is 5.03. The van der Waals surface area contributed by atoms with Crippen LogP contribution in [0.1, 0.15) is 16.2 Å². The van der Waals surface area contributed by atoms with E-state index in [-0.39, 0.29) is 29.6 Å². The number of amides is 1. The summed E-state index contributed by atoms with van der Waals surface area (Å²) < 4.78 is 26.7. The first-order valence-electron chi connectivity index (χ1n) is 7.71. The van der Waals surface area contributed by atoms with Crippen molar-refractivity contribution in [1.82, 2.24) is 19.2 Å². The van der Waals surface area contributed by atoms with Gasteiger partial charge in [0, 0.05) is 37.4 Å². The number of hydrogen-bond acceptors (Lipinski definition) is 5. The molecule has 1 aromatic carbocycles. The Morgan fingerprint density at radius 1 is 1.12 bits per heavy atom. The summed E-state index contributed by atoms with van der Waals surface area (Å²) in [5, 5.41) is 0.368. The van der Waals surface area contributed by atoms with Crippen LogP contribution in [-0.2, 0) is 10.0 Å². The van der Waals surface area contributed by atoms with Crippen molar-refractivity contribution in [3.05, 3.63) is 53.1 Å². The van der Waals surface area contributed by atoms with Crippen LogP contribution < -0.4 is 0 Å². The van der Waals surface area contributed by atoms with Gasteiger partial charge in [-0.15, -0.1) is 0 Å². The molecule has 1 saturated heterocycles. The molecule has 1 aliphatic rings. The molecule has 1 fully saturated rings. The van der Waals surface area contributed by atoms with Gasteiger partial charge in [-0.2, -0.15) is 4.31 Å². The van der Waals surface area contributed by atoms with Gasteiger partial charge in [0.2, 0.25) is 10.0 Å². The lowest BCUT2D eigenvalue weighted by molar-refractivity contribution is 0.0691. The quantitative estimate of drug-likeness (QED) is 0.807. The summed E-state index contributed by atoms with van der Waals surface area (Å²) in [5.74, 6) is -0.243. The van der Waals surface area contributed by atoms with Gasteiger partial charge >= 0.3 is 0 Å². The highest BCUT2D eigenvalue weighted by molar-refractivity contribution is 7.89. The monoisotopic (exact) mass is 380 g/mol. The second kappa shape index (κ2) is 7.07. The molecule has 0 atom stereocenters. The Balaban J connectivity index is 1.69. The number of benzene rings is 1. The first-order valence-corrected chi connectivity index (χ1v) is 9.53. The predicted molar refractivity (Wildman–Crippen MR) is 92.9 cm³/mol. The molecular weight excluding hydrogens is 364 g/mol. The van der Waals surface area contributed by atoms with Gasteiger partial charge in [-0.1, -0.05) is 17.7 Å². The van der Waals surface area contributed by atoms with E-state index in [1.54, 1.807) is 24.0 Å². The normalized spacial score (nSPS) is 16.0. The first-order chi connectivity index (χ1) is 11.9. The largest absolute Gasteiger partial charge is 0.335 e. The number of carbonyl (C=O) groups excluding carboxylic acids is 1. The number of carbonyl (C=O) groups is 1. The molecule has 7 nitrogen and oxygen atoms in total. The van der Waals surface area contributed by atoms with Crippen LogP contribution >= 0.6 is 11.6 Å². The maximum Gasteiger partial charge on any atom is 0.274 e. The van der Waals surface area contributed by atoms with Crippen LogP contribution in [0.15, 0.2) is 41.6 Å². The fourth-order valence-electron chi connectivity index (χ4n) is 2.57. The van der Waals surface area contributed by atoms with Crippen molar-refractivity contribution in [2.75, 3.05) is 26.2 Å². The molecule has 0 radical (unpaired) electrons. The van der Waals surface area contributed by atoms with Crippen molar-refractivity contribution < 1.29 is 13.2 Å². The second-order valence-corrected chi connectivity index (χ2v) is 8.07. The van der Waals surface area contributed by atoms with Gasteiger partial charge in [0.1, 0.15) is 5.69 Å². The van der Waals surface area contributed by atoms with Gasteiger partial charge in [0.15, 0.2) is 0 Å². The molecule has 0 unspecified atom stereocenters. The standard InChI is InChI=1S/C16H17ClN4O3S/c1-12-10-19-15(11-18-12)16(22)20-5-7-21(8-6-20)25(23,24)14-4-2-3-13(17)9-14/h2-4,9-11H,5-8H2,1H3. The molecule has 3 rings (SSSR count). The van der Waals surface area contributed by atoms with Crippen LogP contribution in [0, 0.1) is 6.92 Å². The van der Waals surface area contributed by atoms with E-state index in [0.717, 1.165) is 5.69 Å². The van der Waals surface area contributed by atoms with Gasteiger partial charge in [0.05, 0.1) is 16.8 Å². The molecule has 9 heteroatoms. The van der Waals surface area contributed by atoms with Crippen molar-refractivity contribution in [3.8, 4) is 0 Å². The van der Waals surface area contributed by atoms with Crippen LogP contribution in [-0.4, -0.2) is 59.7 Å². The fraction of sp³-hybridized carbons (Fsp3) is 0.312. The minimum atomic E-state index is -3.62. The molecule has 2 heterocycles. The Bertz CT molecular complexity index is 879. The van der Waals surface area contributed by atoms with E-state index in [1.165, 1.54) is 28.8 Å². The SMILES string of the molecule is Cc1cnc(C(=O)N2CCN(S(=O)(=O)c3cccc(Cl)c3)CC2)cn1. The van der Waals surface area contributed by atoms with Crippen molar-refractivity contribution in [3.63, 3.8) is 0 Å². The molecule has 1 aromatic heterocycles. The zero-order chi connectivity index (χ0) is 18.0. The summed E-state index contributed by atoms with van der Waals surface area (Å²) in [6.07, 6.45) is 2.97. The molecule has 2 aromatic rings. The molecule has 25 heavy (non-hydrogen) atoms. The van der Waals surface area contributed by atoms with Crippen molar-refractivity contribution in [2.24, 2.45) is 0 Å². The summed E-state index contributed by atoms with van der Waals surface area (Å²) in [7, 11) is -3.62. The molecule has 132 valence electrons. The highest BCUT2D eigenvalue weighted by Crippen LogP contribution is 2.21. The zero-order valence-electron chi connectivity index (χ0n) is 13.6. The van der Waals surface area contributed by atoms with Crippen molar-refractivity contribution in [1.29, 1.82) is 0 Å². The van der Waals surface area contributed by atoms with Crippen LogP contribution in [0.4, 0.5) is 0 Å². The maximum absolute atomic E-state index is 12.7. The van der Waals surface area contributed by atoms with E-state index < -0.39 is 10.0 Å². The molecule has 0 bridgehead atoms. The number of nitrogens with zero attached hydrogens (tertiary/aromatic N) is 4. The van der Waals surface area contributed by atoms with Gasteiger partial charge < -0.3 is 4.90 Å². The topological polar surface area (TPSA) is 83.5 Å². The number of aromatic nitrogens is 2. The Morgan fingerprint density at radius 2 is 1.84 bits per heavy atom. The highest BCUT2D eigenvalue weighted by atomic mass is 35.5. The van der Waals surface area contributed by atoms with E-state index in [9.17, 15) is 13.2 Å². The zero-order valence-corrected chi connectivity index (χ0v) is 15.2. The average Bonchev–Trinajstić information content (AvgIpc) is 2.62. The van der Waals surface area contributed by atoms with E-state index in [1.807, 2.05) is 0 Å². The molecule has 0 aliphatic carbocycles. The van der Waals surface area contributed by atoms with E-state index in [0.29, 0.717) is 18.1 Å². The van der Waals surface area contributed by atoms with Crippen molar-refractivity contribution >= 4 is 27.5 Å². The number of halogens is 1. The van der Waals surface area contributed by atoms with Crippen LogP contribution in [0.5, 0.6) is 0 Å². The minimum Gasteiger partial charge on any atom is -0.335 e. The molecule has 0 spiro atoms. The third-order valence-electron chi connectivity index (χ3n) is 3.96. The smallest absolute Gasteiger partial charge is 0.274 e. The van der Waals surface area contributed by atoms with E-state index in [2.05, 4.69) is 9.97 Å². The summed E-state index contributed by atoms with van der Waals surface area (Å²) in [5.41, 5.74) is 0.991. The van der Waals surface area contributed by atoms with Gasteiger partial charge in [-0.3, -0.25) is 9.78 Å². The second-order valence-electron chi connectivity index (χ2n) is 5.70. The van der Waals surface area contributed by atoms with Gasteiger partial charge in [-0.05, 0) is 25.1 Å². The molecule has 0 saturated carbocycles. The van der Waals surface area contributed by atoms with Gasteiger partial charge in [-0.25, -0.2) is 13.4 Å². The fourth-order valence-corrected chi connectivity index (χ4v) is 4.30. The molecule has 1 amide bonds. The Morgan fingerprint density at radius 3 is 2.44 bits per heavy atom. The van der Waals surface area contributed by atoms with Gasteiger partial charge in [0.25, 0.3) is 5.91 Å². The maximum atomic E-state index is 12.7. The van der Waals surface area contributed by atoms with E-state index >= 15 is 0 Å². The number of sulfonamides is 1. The minimum absolute atomic E-state index is 0.157. The summed E-state index contributed by atoms with van der Waals surface area (Å²) >= 11 is 5.88. The molecular formula is C16H17ClN4O3S. The average molecular weight is 381 g/mol. The highest BCUT2D eigenvalue weighted by Gasteiger charge is 2.30. The number of aryl methyl sites for hydroxylation is 1. The summed E-state index contributed by atoms with van der Waals surface area (Å²) in [6.45, 7) is 2.84. The van der Waals surface area contributed by atoms with Crippen molar-refractivity contribution in [2.45, 2.75) is 11.8 Å². The lowest BCUT2D eigenvalue weighted by atomic mass is 10.3. The van der Waals surface area contributed by atoms with E-state index in [4.69, 9.17) is 11.6 Å². The third kappa shape index (κ3) is 3.81. The molecule has 1 aliphatic heterocycles.